The van der Waals surface area contributed by atoms with Gasteiger partial charge >= 0.3 is 6.03 Å². The first kappa shape index (κ1) is 22.9. The summed E-state index contributed by atoms with van der Waals surface area (Å²) in [6, 6.07) is 12.8. The molecular formula is C26H26N8O2. The van der Waals surface area contributed by atoms with Crippen LogP contribution < -0.4 is 26.0 Å². The maximum absolute atomic E-state index is 13.2. The molecule has 3 heterocycles. The van der Waals surface area contributed by atoms with Crippen LogP contribution in [0, 0.1) is 0 Å². The van der Waals surface area contributed by atoms with Gasteiger partial charge in [-0.2, -0.15) is 0 Å². The van der Waals surface area contributed by atoms with Crippen molar-refractivity contribution in [3.8, 4) is 11.6 Å². The monoisotopic (exact) mass is 482 g/mol. The summed E-state index contributed by atoms with van der Waals surface area (Å²) in [5, 5.41) is 8.04. The van der Waals surface area contributed by atoms with Crippen LogP contribution in [0.15, 0.2) is 67.4 Å². The highest BCUT2D eigenvalue weighted by molar-refractivity contribution is 6.19. The average molecular weight is 483 g/mol. The van der Waals surface area contributed by atoms with Gasteiger partial charge in [-0.05, 0) is 43.3 Å². The van der Waals surface area contributed by atoms with E-state index < -0.39 is 6.03 Å². The lowest BCUT2D eigenvalue weighted by atomic mass is 10.1. The van der Waals surface area contributed by atoms with Crippen LogP contribution in [0.1, 0.15) is 6.92 Å². The van der Waals surface area contributed by atoms with Gasteiger partial charge in [0.1, 0.15) is 17.9 Å². The quantitative estimate of drug-likeness (QED) is 0.301. The van der Waals surface area contributed by atoms with Crippen LogP contribution in [-0.4, -0.2) is 46.3 Å². The smallest absolute Gasteiger partial charge is 0.323 e. The highest BCUT2D eigenvalue weighted by Crippen LogP contribution is 2.37. The van der Waals surface area contributed by atoms with E-state index in [-0.39, 0.29) is 0 Å². The van der Waals surface area contributed by atoms with Crippen LogP contribution in [0.2, 0.25) is 0 Å². The molecule has 3 aromatic heterocycles. The number of ether oxygens (including phenoxy) is 1. The van der Waals surface area contributed by atoms with Crippen molar-refractivity contribution in [2.45, 2.75) is 6.92 Å². The number of rotatable bonds is 6. The predicted octanol–water partition coefficient (Wildman–Crippen LogP) is 4.66. The molecule has 10 heteroatoms. The van der Waals surface area contributed by atoms with Gasteiger partial charge in [0.2, 0.25) is 0 Å². The van der Waals surface area contributed by atoms with Gasteiger partial charge in [-0.3, -0.25) is 9.55 Å². The first-order valence-electron chi connectivity index (χ1n) is 11.4. The van der Waals surface area contributed by atoms with Crippen molar-refractivity contribution in [3.63, 3.8) is 0 Å². The molecule has 10 nitrogen and oxygen atoms in total. The number of nitrogen functional groups attached to an aromatic ring is 1. The number of nitrogens with one attached hydrogen (secondary N) is 2. The lowest BCUT2D eigenvalue weighted by molar-refractivity contribution is 0.262. The van der Waals surface area contributed by atoms with Gasteiger partial charge in [0, 0.05) is 66.3 Å². The second-order valence-corrected chi connectivity index (χ2v) is 8.34. The molecule has 2 aromatic carbocycles. The number of hydrogen-bond acceptors (Lipinski definition) is 7. The molecule has 5 aromatic rings. The molecule has 0 aliphatic carbocycles. The van der Waals surface area contributed by atoms with Crippen LogP contribution in [0.5, 0.6) is 5.75 Å². The van der Waals surface area contributed by atoms with E-state index in [9.17, 15) is 4.79 Å². The number of carbonyl (C=O) groups excluding carboxylic acids is 1. The molecular weight excluding hydrogens is 456 g/mol. The second-order valence-electron chi connectivity index (χ2n) is 8.34. The molecule has 0 saturated carbocycles. The van der Waals surface area contributed by atoms with Crippen molar-refractivity contribution in [1.29, 1.82) is 0 Å². The number of fused-ring (bicyclic) bond motifs is 3. The van der Waals surface area contributed by atoms with Crippen molar-refractivity contribution in [1.82, 2.24) is 19.5 Å². The van der Waals surface area contributed by atoms with E-state index in [0.717, 1.165) is 16.5 Å². The Morgan fingerprint density at radius 1 is 1.11 bits per heavy atom. The van der Waals surface area contributed by atoms with Crippen molar-refractivity contribution in [2.24, 2.45) is 0 Å². The Bertz CT molecular complexity index is 1550. The molecule has 5 rings (SSSR count). The fraction of sp³-hybridized carbons (Fsp3) is 0.154. The summed E-state index contributed by atoms with van der Waals surface area (Å²) in [6.07, 6.45) is 6.65. The molecule has 0 saturated heterocycles. The molecule has 4 N–H and O–H groups in total. The summed E-state index contributed by atoms with van der Waals surface area (Å²) < 4.78 is 7.35. The van der Waals surface area contributed by atoms with E-state index in [1.54, 1.807) is 29.5 Å². The summed E-state index contributed by atoms with van der Waals surface area (Å²) in [6.45, 7) is 2.47. The van der Waals surface area contributed by atoms with Crippen molar-refractivity contribution in [3.05, 3.63) is 67.4 Å². The third kappa shape index (κ3) is 4.31. The Kier molecular flexibility index (Phi) is 5.99. The number of nitrogens with two attached hydrogens (primary N) is 1. The number of pyridine rings is 2. The maximum Gasteiger partial charge on any atom is 0.323 e. The fourth-order valence-corrected chi connectivity index (χ4v) is 4.04. The van der Waals surface area contributed by atoms with E-state index in [1.807, 2.05) is 68.4 Å². The standard InChI is InChI=1S/C26H26N8O2/c1-4-36-18-9-10-19-21(13-18)29-14-20-22(19)23(25(32-24(20)27)34-12-11-28-15-34)31-26(35)30-16-5-7-17(8-6-16)33(2)3/h5-15H,4H2,1-3H3,(H2,27,32)(H2,30,31,35). The summed E-state index contributed by atoms with van der Waals surface area (Å²) in [7, 11) is 3.92. The zero-order valence-corrected chi connectivity index (χ0v) is 20.2. The highest BCUT2D eigenvalue weighted by Gasteiger charge is 2.19. The lowest BCUT2D eigenvalue weighted by Gasteiger charge is -2.18. The summed E-state index contributed by atoms with van der Waals surface area (Å²) in [4.78, 5) is 28.4. The largest absolute Gasteiger partial charge is 0.494 e. The third-order valence-corrected chi connectivity index (χ3v) is 5.76. The van der Waals surface area contributed by atoms with E-state index in [0.29, 0.717) is 46.3 Å². The topological polar surface area (TPSA) is 123 Å². The molecule has 0 fully saturated rings. The summed E-state index contributed by atoms with van der Waals surface area (Å²) in [5.41, 5.74) is 9.23. The number of aromatic nitrogens is 4. The minimum absolute atomic E-state index is 0.294. The predicted molar refractivity (Wildman–Crippen MR) is 143 cm³/mol. The van der Waals surface area contributed by atoms with E-state index >= 15 is 0 Å². The molecule has 0 atom stereocenters. The zero-order valence-electron chi connectivity index (χ0n) is 20.2. The molecule has 182 valence electrons. The number of imidazole rings is 1. The summed E-state index contributed by atoms with van der Waals surface area (Å²) in [5.74, 6) is 1.45. The van der Waals surface area contributed by atoms with Gasteiger partial charge in [0.05, 0.1) is 17.8 Å². The molecule has 36 heavy (non-hydrogen) atoms. The Morgan fingerprint density at radius 3 is 2.61 bits per heavy atom. The molecule has 0 bridgehead atoms. The van der Waals surface area contributed by atoms with E-state index in [1.165, 1.54) is 0 Å². The lowest BCUT2D eigenvalue weighted by Crippen LogP contribution is -2.21. The van der Waals surface area contributed by atoms with E-state index in [4.69, 9.17) is 10.5 Å². The van der Waals surface area contributed by atoms with Crippen LogP contribution >= 0.6 is 0 Å². The molecule has 2 amide bonds. The van der Waals surface area contributed by atoms with Crippen molar-refractivity contribution in [2.75, 3.05) is 42.0 Å². The molecule has 0 radical (unpaired) electrons. The Labute approximate surface area is 207 Å². The van der Waals surface area contributed by atoms with Gasteiger partial charge in [0.25, 0.3) is 0 Å². The Hall–Kier alpha value is -4.86. The Balaban J connectivity index is 1.63. The number of hydrogen-bond donors (Lipinski definition) is 3. The SMILES string of the molecule is CCOc1ccc2c(c1)ncc1c(N)nc(-n3ccnc3)c(NC(=O)Nc3ccc(N(C)C)cc3)c12. The van der Waals surface area contributed by atoms with Gasteiger partial charge in [-0.15, -0.1) is 0 Å². The highest BCUT2D eigenvalue weighted by atomic mass is 16.5. The van der Waals surface area contributed by atoms with Crippen LogP contribution in [0.25, 0.3) is 27.5 Å². The van der Waals surface area contributed by atoms with Crippen LogP contribution in [-0.2, 0) is 0 Å². The van der Waals surface area contributed by atoms with E-state index in [2.05, 4.69) is 25.6 Å². The minimum Gasteiger partial charge on any atom is -0.494 e. The van der Waals surface area contributed by atoms with Gasteiger partial charge in [0.15, 0.2) is 5.82 Å². The number of urea groups is 1. The maximum atomic E-state index is 13.2. The van der Waals surface area contributed by atoms with Gasteiger partial charge in [-0.1, -0.05) is 0 Å². The molecule has 0 spiro atoms. The normalized spacial score (nSPS) is 11.0. The van der Waals surface area contributed by atoms with Crippen molar-refractivity contribution < 1.29 is 9.53 Å². The van der Waals surface area contributed by atoms with Crippen LogP contribution in [0.3, 0.4) is 0 Å². The molecule has 0 unspecified atom stereocenters. The first-order valence-corrected chi connectivity index (χ1v) is 11.4. The zero-order chi connectivity index (χ0) is 25.2. The first-order chi connectivity index (χ1) is 17.4. The number of amides is 2. The minimum atomic E-state index is -0.419. The third-order valence-electron chi connectivity index (χ3n) is 5.76. The number of benzene rings is 2. The molecule has 0 aliphatic rings. The summed E-state index contributed by atoms with van der Waals surface area (Å²) >= 11 is 0. The molecule has 0 aliphatic heterocycles. The number of anilines is 4. The number of nitrogens with zero attached hydrogens (tertiary/aromatic N) is 5. The number of carbonyl (C=O) groups is 1. The fourth-order valence-electron chi connectivity index (χ4n) is 4.04. The van der Waals surface area contributed by atoms with Crippen molar-refractivity contribution >= 4 is 50.6 Å². The van der Waals surface area contributed by atoms with Gasteiger partial charge in [-0.25, -0.2) is 14.8 Å². The Morgan fingerprint density at radius 2 is 1.92 bits per heavy atom. The van der Waals surface area contributed by atoms with Crippen LogP contribution in [0.4, 0.5) is 27.7 Å². The second kappa shape index (κ2) is 9.41. The van der Waals surface area contributed by atoms with Gasteiger partial charge < -0.3 is 26.0 Å². The average Bonchev–Trinajstić information content (AvgIpc) is 3.40.